The fourth-order valence-corrected chi connectivity index (χ4v) is 13.0. The van der Waals surface area contributed by atoms with Gasteiger partial charge in [0.1, 0.15) is 0 Å². The second-order valence-electron chi connectivity index (χ2n) is 16.4. The Hall–Kier alpha value is -1.17. The molecule has 2 atom stereocenters. The van der Waals surface area contributed by atoms with E-state index in [1.807, 2.05) is 107 Å². The van der Waals surface area contributed by atoms with Gasteiger partial charge in [0.25, 0.3) is 0 Å². The number of phenolic OH excluding ortho intramolecular Hbond substituents is 2. The van der Waals surface area contributed by atoms with Gasteiger partial charge in [-0.05, 0) is 0 Å². The normalized spacial score (nSPS) is 15.1. The van der Waals surface area contributed by atoms with Crippen LogP contribution in [0.5, 0.6) is 11.5 Å². The van der Waals surface area contributed by atoms with E-state index in [0.29, 0.717) is 33.4 Å². The van der Waals surface area contributed by atoms with Crippen LogP contribution in [0.1, 0.15) is 153 Å². The number of hydrogen-bond donors (Lipinski definition) is 2. The van der Waals surface area contributed by atoms with Crippen molar-refractivity contribution in [3.05, 3.63) is 57.6 Å². The fraction of sp³-hybridized carbons (Fsp3) is 0.684. The van der Waals surface area contributed by atoms with Gasteiger partial charge in [-0.2, -0.15) is 0 Å². The zero-order valence-corrected chi connectivity index (χ0v) is 35.6. The van der Waals surface area contributed by atoms with Crippen LogP contribution in [0.3, 0.4) is 0 Å². The molecular formula is C38H64NiO8P2. The van der Waals surface area contributed by atoms with Gasteiger partial charge in [-0.3, -0.25) is 0 Å². The summed E-state index contributed by atoms with van der Waals surface area (Å²) >= 11 is 0.882. The maximum absolute atomic E-state index is 15.1. The van der Waals surface area contributed by atoms with E-state index in [4.69, 9.17) is 18.1 Å². The number of phenols is 2. The Labute approximate surface area is 303 Å². The molecular weight excluding hydrogens is 705 g/mol. The van der Waals surface area contributed by atoms with Gasteiger partial charge in [0, 0.05) is 0 Å². The third kappa shape index (κ3) is 10.5. The van der Waals surface area contributed by atoms with Gasteiger partial charge in [0.2, 0.25) is 0 Å². The topological polar surface area (TPSA) is 112 Å². The molecule has 284 valence electrons. The zero-order chi connectivity index (χ0) is 38.0. The van der Waals surface area contributed by atoms with Crippen molar-refractivity contribution in [3.8, 4) is 11.5 Å². The summed E-state index contributed by atoms with van der Waals surface area (Å²) in [6.07, 6.45) is 0. The summed E-state index contributed by atoms with van der Waals surface area (Å²) in [5.74, 6) is 0.373. The summed E-state index contributed by atoms with van der Waals surface area (Å²) in [5, 5.41) is 23.2. The molecule has 0 heterocycles. The Morgan fingerprint density at radius 3 is 0.878 bits per heavy atom. The van der Waals surface area contributed by atoms with Crippen LogP contribution in [0.25, 0.3) is 0 Å². The van der Waals surface area contributed by atoms with Crippen LogP contribution in [0.2, 0.25) is 0 Å². The molecule has 0 aliphatic carbocycles. The van der Waals surface area contributed by atoms with E-state index in [2.05, 4.69) is 0 Å². The Morgan fingerprint density at radius 1 is 0.510 bits per heavy atom. The Balaban J connectivity index is 3.23. The van der Waals surface area contributed by atoms with E-state index in [1.165, 1.54) is 0 Å². The molecule has 0 amide bonds. The quantitative estimate of drug-likeness (QED) is 0.144. The Morgan fingerprint density at radius 2 is 0.714 bits per heavy atom. The molecule has 2 aromatic carbocycles. The molecule has 0 aliphatic heterocycles. The van der Waals surface area contributed by atoms with Gasteiger partial charge in [0.05, 0.1) is 0 Å². The van der Waals surface area contributed by atoms with Crippen LogP contribution in [0, 0.1) is 0 Å². The molecule has 8 nitrogen and oxygen atoms in total. The number of aromatic hydroxyl groups is 2. The molecule has 2 rings (SSSR count). The van der Waals surface area contributed by atoms with Gasteiger partial charge in [-0.1, -0.05) is 0 Å². The number of benzene rings is 2. The summed E-state index contributed by atoms with van der Waals surface area (Å²) in [5.41, 5.74) is 2.12. The molecule has 2 N–H and O–H groups in total. The van der Waals surface area contributed by atoms with E-state index in [1.54, 1.807) is 27.7 Å². The van der Waals surface area contributed by atoms with Crippen molar-refractivity contribution in [2.24, 2.45) is 0 Å². The summed E-state index contributed by atoms with van der Waals surface area (Å²) in [6.45, 7) is 31.8. The summed E-state index contributed by atoms with van der Waals surface area (Å²) in [6, 6.07) is 7.50. The van der Waals surface area contributed by atoms with Gasteiger partial charge in [-0.25, -0.2) is 0 Å². The van der Waals surface area contributed by atoms with E-state index >= 15 is 9.13 Å². The Bertz CT molecular complexity index is 1320. The van der Waals surface area contributed by atoms with Gasteiger partial charge in [-0.15, -0.1) is 0 Å². The van der Waals surface area contributed by atoms with Crippen molar-refractivity contribution < 1.29 is 51.9 Å². The number of rotatable bonds is 14. The van der Waals surface area contributed by atoms with Crippen LogP contribution in [-0.4, -0.2) is 36.6 Å². The van der Waals surface area contributed by atoms with Crippen molar-refractivity contribution >= 4 is 15.2 Å². The molecule has 2 aromatic rings. The molecule has 0 saturated heterocycles. The molecule has 11 heteroatoms. The van der Waals surface area contributed by atoms with Gasteiger partial charge >= 0.3 is 304 Å². The average Bonchev–Trinajstić information content (AvgIpc) is 2.92. The third-order valence-electron chi connectivity index (χ3n) is 7.96. The monoisotopic (exact) mass is 768 g/mol. The Kier molecular flexibility index (Phi) is 14.6. The first-order chi connectivity index (χ1) is 22.2. The van der Waals surface area contributed by atoms with Gasteiger partial charge in [0.15, 0.2) is 0 Å². The van der Waals surface area contributed by atoms with Crippen LogP contribution in [0.15, 0.2) is 24.3 Å². The third-order valence-corrected chi connectivity index (χ3v) is 16.0. The first-order valence-corrected chi connectivity index (χ1v) is 21.7. The molecule has 0 aromatic heterocycles. The maximum atomic E-state index is 15.1. The van der Waals surface area contributed by atoms with Crippen molar-refractivity contribution in [2.45, 2.75) is 142 Å². The average molecular weight is 770 g/mol. The fourth-order valence-electron chi connectivity index (χ4n) is 5.59. The predicted molar refractivity (Wildman–Crippen MR) is 198 cm³/mol. The number of hydrogen-bond acceptors (Lipinski definition) is 8. The summed E-state index contributed by atoms with van der Waals surface area (Å²) < 4.78 is 52.5. The summed E-state index contributed by atoms with van der Waals surface area (Å²) in [4.78, 5) is 0. The molecule has 0 aliphatic rings. The second kappa shape index (κ2) is 16.2. The van der Waals surface area contributed by atoms with E-state index in [0.717, 1.165) is 14.4 Å². The molecule has 0 fully saturated rings. The van der Waals surface area contributed by atoms with Gasteiger partial charge < -0.3 is 0 Å². The van der Waals surface area contributed by atoms with E-state index in [-0.39, 0.29) is 37.9 Å². The van der Waals surface area contributed by atoms with E-state index < -0.39 is 46.1 Å². The van der Waals surface area contributed by atoms with Crippen molar-refractivity contribution in [2.75, 3.05) is 26.4 Å². The van der Waals surface area contributed by atoms with Crippen molar-refractivity contribution in [3.63, 3.8) is 0 Å². The van der Waals surface area contributed by atoms with Crippen LogP contribution in [-0.2, 0) is 63.3 Å². The second-order valence-corrected chi connectivity index (χ2v) is 22.9. The van der Waals surface area contributed by atoms with Crippen molar-refractivity contribution in [1.82, 2.24) is 0 Å². The SMILES string of the molecule is CCOP(=O)(OCC)[CH]([Ni][CH](c1cc(C(C)(C)C)c(O)c(C(C)(C)C)c1)P(=O)(OCC)OCC)c1cc(C(C)(C)C)c(O)c(C(C)(C)C)c1. The van der Waals surface area contributed by atoms with E-state index in [9.17, 15) is 10.2 Å². The zero-order valence-electron chi connectivity index (χ0n) is 32.8. The van der Waals surface area contributed by atoms with Crippen LogP contribution in [0.4, 0.5) is 0 Å². The van der Waals surface area contributed by atoms with Crippen molar-refractivity contribution in [1.29, 1.82) is 0 Å². The van der Waals surface area contributed by atoms with Crippen LogP contribution >= 0.6 is 15.2 Å². The molecule has 0 spiro atoms. The predicted octanol–water partition coefficient (Wildman–Crippen LogP) is 11.6. The first kappa shape index (κ1) is 44.0. The minimum atomic E-state index is -3.98. The standard InChI is InChI=1S/2C19H32O4P.Ni/c2*1-9-22-24(21,23-10-2)13-14-11-15(18(3,4)5)17(20)16(12-14)19(6,7)8;/h2*11-13,20H,9-10H2,1-8H3;. The molecule has 49 heavy (non-hydrogen) atoms. The minimum absolute atomic E-state index is 0.120. The molecule has 0 radical (unpaired) electrons. The molecule has 0 bridgehead atoms. The molecule has 0 saturated carbocycles. The van der Waals surface area contributed by atoms with Crippen LogP contribution < -0.4 is 0 Å². The molecule has 2 unspecified atom stereocenters. The summed E-state index contributed by atoms with van der Waals surface area (Å²) in [7, 11) is -7.96. The first-order valence-electron chi connectivity index (χ1n) is 17.3.